The van der Waals surface area contributed by atoms with Gasteiger partial charge in [0.2, 0.25) is 0 Å². The second-order valence-electron chi connectivity index (χ2n) is 7.69. The minimum absolute atomic E-state index is 0.192. The molecule has 4 atom stereocenters. The van der Waals surface area contributed by atoms with Crippen LogP contribution in [0.1, 0.15) is 50.5 Å². The average Bonchev–Trinajstić information content (AvgIpc) is 3.13. The molecule has 2 aliphatic rings. The van der Waals surface area contributed by atoms with Gasteiger partial charge in [-0.25, -0.2) is 4.79 Å². The van der Waals surface area contributed by atoms with Gasteiger partial charge in [0.25, 0.3) is 0 Å². The van der Waals surface area contributed by atoms with Gasteiger partial charge in [-0.1, -0.05) is 20.8 Å². The zero-order chi connectivity index (χ0) is 16.6. The predicted molar refractivity (Wildman–Crippen MR) is 92.0 cm³/mol. The van der Waals surface area contributed by atoms with Gasteiger partial charge in [0.15, 0.2) is 0 Å². The summed E-state index contributed by atoms with van der Waals surface area (Å²) in [5, 5.41) is 12.0. The van der Waals surface area contributed by atoms with E-state index < -0.39 is 5.97 Å². The molecule has 2 saturated carbocycles. The van der Waals surface area contributed by atoms with E-state index in [0.717, 1.165) is 23.4 Å². The quantitative estimate of drug-likeness (QED) is 0.697. The molecule has 0 aromatic carbocycles. The summed E-state index contributed by atoms with van der Waals surface area (Å²) in [7, 11) is 0. The summed E-state index contributed by atoms with van der Waals surface area (Å²) in [5.74, 6) is 2.08. The van der Waals surface area contributed by atoms with Crippen LogP contribution in [0.5, 0.6) is 0 Å². The highest BCUT2D eigenvalue weighted by molar-refractivity contribution is 5.86. The number of H-pyrrole nitrogens is 1. The SMILES string of the molecule is CC(C)C1[C@@H]2CC[C@@]1(C)C(/C=N/CNc1c[nH]c(C(=O)O)c1)C2. The third-order valence-corrected chi connectivity index (χ3v) is 6.02. The lowest BCUT2D eigenvalue weighted by molar-refractivity contribution is 0.0691. The molecule has 2 fully saturated rings. The largest absolute Gasteiger partial charge is 0.477 e. The number of rotatable bonds is 6. The number of hydrogen-bond donors (Lipinski definition) is 3. The van der Waals surface area contributed by atoms with E-state index in [1.54, 1.807) is 12.3 Å². The van der Waals surface area contributed by atoms with Crippen LogP contribution in [0.25, 0.3) is 0 Å². The van der Waals surface area contributed by atoms with Crippen LogP contribution >= 0.6 is 0 Å². The van der Waals surface area contributed by atoms with Crippen LogP contribution in [0.15, 0.2) is 17.3 Å². The minimum atomic E-state index is -0.948. The highest BCUT2D eigenvalue weighted by Gasteiger charge is 2.56. The number of nitrogens with one attached hydrogen (secondary N) is 2. The maximum absolute atomic E-state index is 10.8. The van der Waals surface area contributed by atoms with Crippen LogP contribution < -0.4 is 5.32 Å². The topological polar surface area (TPSA) is 77.5 Å². The second kappa shape index (κ2) is 6.02. The Morgan fingerprint density at radius 1 is 1.61 bits per heavy atom. The molecule has 1 aromatic rings. The Bertz CT molecular complexity index is 607. The third-order valence-electron chi connectivity index (χ3n) is 6.02. The van der Waals surface area contributed by atoms with Crippen LogP contribution in [-0.2, 0) is 0 Å². The molecule has 0 radical (unpaired) electrons. The molecule has 2 bridgehead atoms. The number of aromatic nitrogens is 1. The number of carboxylic acids is 1. The number of aliphatic imine (C=N–C) groups is 1. The first kappa shape index (κ1) is 16.1. The van der Waals surface area contributed by atoms with Crippen molar-refractivity contribution in [3.8, 4) is 0 Å². The van der Waals surface area contributed by atoms with Gasteiger partial charge >= 0.3 is 5.97 Å². The molecule has 1 aromatic heterocycles. The zero-order valence-corrected chi connectivity index (χ0v) is 14.2. The summed E-state index contributed by atoms with van der Waals surface area (Å²) in [5.41, 5.74) is 1.36. The third kappa shape index (κ3) is 2.89. The van der Waals surface area contributed by atoms with Crippen molar-refractivity contribution >= 4 is 17.9 Å². The molecule has 126 valence electrons. The van der Waals surface area contributed by atoms with E-state index in [-0.39, 0.29) is 5.69 Å². The van der Waals surface area contributed by atoms with Gasteiger partial charge in [0, 0.05) is 12.4 Å². The van der Waals surface area contributed by atoms with Crippen LogP contribution in [-0.4, -0.2) is 28.9 Å². The fourth-order valence-corrected chi connectivity index (χ4v) is 5.15. The van der Waals surface area contributed by atoms with E-state index in [1.807, 2.05) is 0 Å². The molecule has 0 spiro atoms. The Kier molecular flexibility index (Phi) is 4.21. The summed E-state index contributed by atoms with van der Waals surface area (Å²) in [6, 6.07) is 1.59. The number of anilines is 1. The van der Waals surface area contributed by atoms with E-state index in [9.17, 15) is 4.79 Å². The number of aromatic carboxylic acids is 1. The monoisotopic (exact) mass is 317 g/mol. The van der Waals surface area contributed by atoms with E-state index in [4.69, 9.17) is 5.11 Å². The first-order valence-corrected chi connectivity index (χ1v) is 8.57. The zero-order valence-electron chi connectivity index (χ0n) is 14.2. The molecule has 2 unspecified atom stereocenters. The minimum Gasteiger partial charge on any atom is -0.477 e. The first-order chi connectivity index (χ1) is 10.9. The van der Waals surface area contributed by atoms with Crippen LogP contribution in [0.2, 0.25) is 0 Å². The molecule has 0 saturated heterocycles. The van der Waals surface area contributed by atoms with Crippen molar-refractivity contribution in [3.05, 3.63) is 18.0 Å². The summed E-state index contributed by atoms with van der Waals surface area (Å²) < 4.78 is 0. The number of hydrogen-bond acceptors (Lipinski definition) is 3. The van der Waals surface area contributed by atoms with Gasteiger partial charge in [0.1, 0.15) is 12.4 Å². The normalized spacial score (nSPS) is 33.0. The molecule has 0 aliphatic heterocycles. The Balaban J connectivity index is 1.56. The van der Waals surface area contributed by atoms with Gasteiger partial charge in [-0.15, -0.1) is 0 Å². The number of nitrogens with zero attached hydrogens (tertiary/aromatic N) is 1. The second-order valence-corrected chi connectivity index (χ2v) is 7.69. The summed E-state index contributed by atoms with van der Waals surface area (Å²) in [4.78, 5) is 18.1. The van der Waals surface area contributed by atoms with Gasteiger partial charge < -0.3 is 15.4 Å². The molecular formula is C18H27N3O2. The highest BCUT2D eigenvalue weighted by Crippen LogP contribution is 2.62. The van der Waals surface area contributed by atoms with E-state index in [2.05, 4.69) is 42.3 Å². The Hall–Kier alpha value is -1.78. The molecule has 23 heavy (non-hydrogen) atoms. The van der Waals surface area contributed by atoms with Crippen molar-refractivity contribution < 1.29 is 9.90 Å². The van der Waals surface area contributed by atoms with Crippen LogP contribution in [0.3, 0.4) is 0 Å². The summed E-state index contributed by atoms with van der Waals surface area (Å²) in [6.45, 7) is 7.64. The highest BCUT2D eigenvalue weighted by atomic mass is 16.4. The van der Waals surface area contributed by atoms with E-state index in [0.29, 0.717) is 18.0 Å². The number of fused-ring (bicyclic) bond motifs is 2. The lowest BCUT2D eigenvalue weighted by Gasteiger charge is -2.34. The molecule has 1 heterocycles. The van der Waals surface area contributed by atoms with Crippen molar-refractivity contribution in [2.45, 2.75) is 40.0 Å². The Labute approximate surface area is 137 Å². The maximum Gasteiger partial charge on any atom is 0.352 e. The molecular weight excluding hydrogens is 290 g/mol. The molecule has 5 nitrogen and oxygen atoms in total. The number of carbonyl (C=O) groups is 1. The lowest BCUT2D eigenvalue weighted by Crippen LogP contribution is -2.30. The van der Waals surface area contributed by atoms with Crippen LogP contribution in [0, 0.1) is 29.1 Å². The number of aromatic amines is 1. The van der Waals surface area contributed by atoms with Crippen molar-refractivity contribution in [1.82, 2.24) is 4.98 Å². The van der Waals surface area contributed by atoms with Crippen molar-refractivity contribution in [2.24, 2.45) is 34.1 Å². The van der Waals surface area contributed by atoms with Crippen LogP contribution in [0.4, 0.5) is 5.69 Å². The fraction of sp³-hybridized carbons (Fsp3) is 0.667. The predicted octanol–water partition coefficient (Wildman–Crippen LogP) is 3.86. The van der Waals surface area contributed by atoms with Crippen molar-refractivity contribution in [2.75, 3.05) is 12.0 Å². The van der Waals surface area contributed by atoms with Gasteiger partial charge in [-0.2, -0.15) is 0 Å². The Morgan fingerprint density at radius 2 is 2.39 bits per heavy atom. The number of carboxylic acid groups (broad SMARTS) is 1. The smallest absolute Gasteiger partial charge is 0.352 e. The van der Waals surface area contributed by atoms with E-state index >= 15 is 0 Å². The van der Waals surface area contributed by atoms with Crippen molar-refractivity contribution in [1.29, 1.82) is 0 Å². The maximum atomic E-state index is 10.8. The van der Waals surface area contributed by atoms with Gasteiger partial charge in [-0.05, 0) is 54.4 Å². The van der Waals surface area contributed by atoms with Crippen molar-refractivity contribution in [3.63, 3.8) is 0 Å². The molecule has 0 amide bonds. The molecule has 3 N–H and O–H groups in total. The Morgan fingerprint density at radius 3 is 3.00 bits per heavy atom. The lowest BCUT2D eigenvalue weighted by atomic mass is 9.71. The van der Waals surface area contributed by atoms with E-state index in [1.165, 1.54) is 19.3 Å². The molecule has 5 heteroatoms. The summed E-state index contributed by atoms with van der Waals surface area (Å²) >= 11 is 0. The molecule has 3 rings (SSSR count). The first-order valence-electron chi connectivity index (χ1n) is 8.57. The van der Waals surface area contributed by atoms with Gasteiger partial charge in [0.05, 0.1) is 5.69 Å². The van der Waals surface area contributed by atoms with Gasteiger partial charge in [-0.3, -0.25) is 4.99 Å². The average molecular weight is 317 g/mol. The molecule has 2 aliphatic carbocycles. The standard InChI is InChI=1S/C18H27N3O2/c1-11(2)16-12-4-5-18(16,3)13(6-12)8-19-10-21-14-7-15(17(22)23)20-9-14/h7-9,11-13,16,20-21H,4-6,10H2,1-3H3,(H,22,23)/b19-8+/t12-,13?,16?,18+/m1/s1. The summed E-state index contributed by atoms with van der Waals surface area (Å²) in [6.07, 6.45) is 7.78. The fourth-order valence-electron chi connectivity index (χ4n) is 5.15.